The number of likely N-dealkylation sites (N-methyl/N-ethyl adjacent to an activating group) is 2. The van der Waals surface area contributed by atoms with Gasteiger partial charge < -0.3 is 20.0 Å². The van der Waals surface area contributed by atoms with Crippen molar-refractivity contribution < 1.29 is 15.0 Å². The van der Waals surface area contributed by atoms with Gasteiger partial charge >= 0.3 is 0 Å². The summed E-state index contributed by atoms with van der Waals surface area (Å²) in [7, 11) is 3.99. The van der Waals surface area contributed by atoms with Crippen molar-refractivity contribution in [3.8, 4) is 5.75 Å². The van der Waals surface area contributed by atoms with Crippen LogP contribution in [0.5, 0.6) is 5.75 Å². The Morgan fingerprint density at radius 1 is 1.21 bits per heavy atom. The van der Waals surface area contributed by atoms with Gasteiger partial charge in [-0.15, -0.1) is 0 Å². The first-order chi connectivity index (χ1) is 15.7. The number of nitrogens with zero attached hydrogens (tertiary/aromatic N) is 2. The molecule has 2 aromatic carbocycles. The predicted molar refractivity (Wildman–Crippen MR) is 130 cm³/mol. The summed E-state index contributed by atoms with van der Waals surface area (Å²) >= 11 is 0. The molecule has 1 saturated heterocycles. The first-order valence-electron chi connectivity index (χ1n) is 12.0. The van der Waals surface area contributed by atoms with Crippen LogP contribution in [0.2, 0.25) is 0 Å². The van der Waals surface area contributed by atoms with E-state index in [9.17, 15) is 15.0 Å². The number of piperidine rings is 1. The molecule has 1 heterocycles. The number of aliphatic hydroxyl groups is 1. The van der Waals surface area contributed by atoms with E-state index in [0.29, 0.717) is 12.8 Å². The molecule has 0 spiro atoms. The Labute approximate surface area is 196 Å². The summed E-state index contributed by atoms with van der Waals surface area (Å²) in [6.45, 7) is 2.95. The Morgan fingerprint density at radius 3 is 2.82 bits per heavy atom. The third-order valence-electron chi connectivity index (χ3n) is 8.62. The third kappa shape index (κ3) is 3.49. The molecular weight excluding hydrogens is 412 g/mol. The number of carbonyl (C=O) groups excluding carboxylic acids is 1. The van der Waals surface area contributed by atoms with Gasteiger partial charge in [-0.05, 0) is 87.5 Å². The molecule has 3 aliphatic rings. The Hall–Kier alpha value is -2.63. The highest BCUT2D eigenvalue weighted by Gasteiger charge is 2.64. The Balaban J connectivity index is 1.45. The van der Waals surface area contributed by atoms with Crippen molar-refractivity contribution in [3.05, 3.63) is 70.8 Å². The van der Waals surface area contributed by atoms with Gasteiger partial charge in [0.1, 0.15) is 5.75 Å². The molecule has 5 nitrogen and oxygen atoms in total. The second-order valence-corrected chi connectivity index (χ2v) is 10.4. The molecule has 33 heavy (non-hydrogen) atoms. The molecule has 0 aromatic heterocycles. The summed E-state index contributed by atoms with van der Waals surface area (Å²) in [4.78, 5) is 17.2. The molecule has 5 rings (SSSR count). The second-order valence-electron chi connectivity index (χ2n) is 10.4. The highest BCUT2D eigenvalue weighted by atomic mass is 16.3. The molecule has 2 aliphatic carbocycles. The van der Waals surface area contributed by atoms with Crippen LogP contribution in [0.15, 0.2) is 48.5 Å². The van der Waals surface area contributed by atoms with E-state index in [4.69, 9.17) is 0 Å². The van der Waals surface area contributed by atoms with Crippen molar-refractivity contribution in [2.45, 2.75) is 62.1 Å². The van der Waals surface area contributed by atoms with Crippen LogP contribution >= 0.6 is 0 Å². The first kappa shape index (κ1) is 22.2. The molecule has 1 saturated carbocycles. The molecule has 174 valence electrons. The zero-order valence-corrected chi connectivity index (χ0v) is 19.8. The molecule has 2 aromatic rings. The number of phenolic OH excluding ortho intramolecular Hbond substituents is 1. The number of aryl methyl sites for hydroxylation is 1. The molecule has 5 heteroatoms. The van der Waals surface area contributed by atoms with E-state index in [-0.39, 0.29) is 23.7 Å². The molecule has 2 fully saturated rings. The van der Waals surface area contributed by atoms with Crippen molar-refractivity contribution in [1.29, 1.82) is 0 Å². The topological polar surface area (TPSA) is 64.0 Å². The zero-order valence-electron chi connectivity index (χ0n) is 19.8. The molecule has 4 atom stereocenters. The number of hydrogen-bond donors (Lipinski definition) is 2. The summed E-state index contributed by atoms with van der Waals surface area (Å²) < 4.78 is 0. The van der Waals surface area contributed by atoms with Gasteiger partial charge in [0.05, 0.1) is 5.60 Å². The molecule has 0 unspecified atom stereocenters. The maximum Gasteiger partial charge on any atom is 0.246 e. The van der Waals surface area contributed by atoms with E-state index < -0.39 is 11.0 Å². The standard InChI is InChI=1S/C28H34N2O3/c1-19-5-4-6-20(15-19)7-10-26(32)30(3)22-11-12-28(33)25-16-21-8-9-23(31)17-24(21)27(28,18-22)13-14-29(25)2/h4-10,15,17,22,25,31,33H,11-14,16,18H2,1-3H3/t22-,25+,27+,28-/m0/s1. The molecule has 1 aliphatic heterocycles. The van der Waals surface area contributed by atoms with Crippen LogP contribution in [0.25, 0.3) is 6.08 Å². The lowest BCUT2D eigenvalue weighted by molar-refractivity contribution is -0.172. The van der Waals surface area contributed by atoms with Crippen molar-refractivity contribution in [1.82, 2.24) is 9.80 Å². The zero-order chi connectivity index (χ0) is 23.4. The van der Waals surface area contributed by atoms with Gasteiger partial charge in [-0.2, -0.15) is 0 Å². The minimum Gasteiger partial charge on any atom is -0.508 e. The van der Waals surface area contributed by atoms with Crippen LogP contribution in [0.1, 0.15) is 47.9 Å². The number of amides is 1. The van der Waals surface area contributed by atoms with Crippen LogP contribution < -0.4 is 0 Å². The Morgan fingerprint density at radius 2 is 2.03 bits per heavy atom. The molecule has 0 radical (unpaired) electrons. The monoisotopic (exact) mass is 446 g/mol. The largest absolute Gasteiger partial charge is 0.508 e. The van der Waals surface area contributed by atoms with Gasteiger partial charge in [0.15, 0.2) is 0 Å². The number of phenols is 1. The van der Waals surface area contributed by atoms with Crippen molar-refractivity contribution in [2.75, 3.05) is 20.6 Å². The lowest BCUT2D eigenvalue weighted by Gasteiger charge is -2.64. The highest BCUT2D eigenvalue weighted by molar-refractivity contribution is 5.91. The SMILES string of the molecule is Cc1cccc(C=CC(=O)N(C)[C@H]2CC[C@]3(O)[C@H]4Cc5ccc(O)cc5[C@@]3(CCN4C)C2)c1. The number of rotatable bonds is 3. The lowest BCUT2D eigenvalue weighted by atomic mass is 9.49. The van der Waals surface area contributed by atoms with Gasteiger partial charge in [-0.3, -0.25) is 4.79 Å². The molecule has 1 amide bonds. The van der Waals surface area contributed by atoms with Crippen molar-refractivity contribution >= 4 is 12.0 Å². The van der Waals surface area contributed by atoms with Crippen LogP contribution in [0.3, 0.4) is 0 Å². The smallest absolute Gasteiger partial charge is 0.246 e. The number of benzene rings is 2. The van der Waals surface area contributed by atoms with E-state index in [0.717, 1.165) is 36.9 Å². The number of hydrogen-bond acceptors (Lipinski definition) is 4. The van der Waals surface area contributed by atoms with Crippen LogP contribution in [0.4, 0.5) is 0 Å². The third-order valence-corrected chi connectivity index (χ3v) is 8.62. The molecule has 2 N–H and O–H groups in total. The minimum atomic E-state index is -0.849. The van der Waals surface area contributed by atoms with E-state index in [1.807, 2.05) is 55.3 Å². The van der Waals surface area contributed by atoms with E-state index in [2.05, 4.69) is 18.0 Å². The average molecular weight is 447 g/mol. The fraction of sp³-hybridized carbons (Fsp3) is 0.464. The number of carbonyl (C=O) groups is 1. The number of likely N-dealkylation sites (tertiary alicyclic amines) is 1. The van der Waals surface area contributed by atoms with Gasteiger partial charge in [0.25, 0.3) is 0 Å². The lowest BCUT2D eigenvalue weighted by Crippen LogP contribution is -2.73. The quantitative estimate of drug-likeness (QED) is 0.707. The Bertz CT molecular complexity index is 1110. The summed E-state index contributed by atoms with van der Waals surface area (Å²) in [6, 6.07) is 13.8. The maximum absolute atomic E-state index is 13.1. The summed E-state index contributed by atoms with van der Waals surface area (Å²) in [5, 5.41) is 22.4. The predicted octanol–water partition coefficient (Wildman–Crippen LogP) is 3.65. The normalized spacial score (nSPS) is 31.2. The van der Waals surface area contributed by atoms with E-state index >= 15 is 0 Å². The second kappa shape index (κ2) is 8.00. The molecule has 2 bridgehead atoms. The van der Waals surface area contributed by atoms with Gasteiger partial charge in [0, 0.05) is 30.6 Å². The summed E-state index contributed by atoms with van der Waals surface area (Å²) in [6.07, 6.45) is 7.30. The highest BCUT2D eigenvalue weighted by Crippen LogP contribution is 2.58. The van der Waals surface area contributed by atoms with Gasteiger partial charge in [-0.25, -0.2) is 0 Å². The first-order valence-corrected chi connectivity index (χ1v) is 12.0. The van der Waals surface area contributed by atoms with Crippen molar-refractivity contribution in [3.63, 3.8) is 0 Å². The fourth-order valence-electron chi connectivity index (χ4n) is 6.77. The van der Waals surface area contributed by atoms with Crippen molar-refractivity contribution in [2.24, 2.45) is 0 Å². The van der Waals surface area contributed by atoms with Gasteiger partial charge in [-0.1, -0.05) is 35.9 Å². The number of aromatic hydroxyl groups is 1. The fourth-order valence-corrected chi connectivity index (χ4v) is 6.77. The van der Waals surface area contributed by atoms with Crippen LogP contribution in [-0.4, -0.2) is 64.2 Å². The molecular formula is C28H34N2O3. The average Bonchev–Trinajstić information content (AvgIpc) is 2.79. The summed E-state index contributed by atoms with van der Waals surface area (Å²) in [5.74, 6) is 0.232. The van der Waals surface area contributed by atoms with Gasteiger partial charge in [0.2, 0.25) is 5.91 Å². The Kier molecular flexibility index (Phi) is 5.37. The number of fused-ring (bicyclic) bond motifs is 1. The van der Waals surface area contributed by atoms with E-state index in [1.54, 1.807) is 12.1 Å². The van der Waals surface area contributed by atoms with E-state index in [1.165, 1.54) is 11.1 Å². The van der Waals surface area contributed by atoms with Crippen LogP contribution in [0, 0.1) is 6.92 Å². The summed E-state index contributed by atoms with van der Waals surface area (Å²) in [5.41, 5.74) is 3.17. The maximum atomic E-state index is 13.1. The minimum absolute atomic E-state index is 0.0141. The van der Waals surface area contributed by atoms with Crippen LogP contribution in [-0.2, 0) is 16.6 Å².